The molecule has 0 spiro atoms. The summed E-state index contributed by atoms with van der Waals surface area (Å²) in [7, 11) is 0. The molecule has 18 heavy (non-hydrogen) atoms. The summed E-state index contributed by atoms with van der Waals surface area (Å²) in [5.41, 5.74) is -1.40. The van der Waals surface area contributed by atoms with Gasteiger partial charge < -0.3 is 0 Å². The lowest BCUT2D eigenvalue weighted by Crippen LogP contribution is -2.16. The van der Waals surface area contributed by atoms with Gasteiger partial charge in [0.1, 0.15) is 5.17 Å². The second-order valence-corrected chi connectivity index (χ2v) is 3.68. The largest absolute Gasteiger partial charge is 0.437 e. The van der Waals surface area contributed by atoms with Crippen molar-refractivity contribution in [3.63, 3.8) is 0 Å². The Labute approximate surface area is 105 Å². The van der Waals surface area contributed by atoms with Gasteiger partial charge in [-0.25, -0.2) is 4.79 Å². The summed E-state index contributed by atoms with van der Waals surface area (Å²) in [5.74, 6) is 0. The van der Waals surface area contributed by atoms with E-state index in [1.165, 1.54) is 19.1 Å². The Morgan fingerprint density at radius 3 is 2.56 bits per heavy atom. The number of carbonyl (C=O) groups excluding carboxylic acids is 1. The quantitative estimate of drug-likeness (QED) is 0.508. The van der Waals surface area contributed by atoms with Crippen LogP contribution in [-0.4, -0.2) is 11.3 Å². The van der Waals surface area contributed by atoms with Gasteiger partial charge in [-0.2, -0.15) is 13.2 Å². The zero-order valence-corrected chi connectivity index (χ0v) is 9.84. The third kappa shape index (κ3) is 4.25. The number of benzene rings is 1. The molecule has 98 valence electrons. The first kappa shape index (κ1) is 14.3. The normalized spacial score (nSPS) is 12.2. The molecule has 0 aliphatic carbocycles. The van der Waals surface area contributed by atoms with E-state index in [1.54, 1.807) is 0 Å². The Bertz CT molecular complexity index is 470. The number of nitrogens with zero attached hydrogens (tertiary/aromatic N) is 1. The van der Waals surface area contributed by atoms with Crippen LogP contribution in [0.1, 0.15) is 12.5 Å². The standard InChI is InChI=1S/C10H8ClF3N2O2/c1-6(11)16-18-9(17)15-8-5-3-2-4-7(8)10(12,13)14/h2-5H,1H3,(H,15,17)/b16-6-. The second kappa shape index (κ2) is 5.72. The first-order valence-corrected chi connectivity index (χ1v) is 5.03. The van der Waals surface area contributed by atoms with Crippen LogP contribution in [-0.2, 0) is 11.0 Å². The van der Waals surface area contributed by atoms with Gasteiger partial charge in [0, 0.05) is 0 Å². The van der Waals surface area contributed by atoms with Gasteiger partial charge in [0.25, 0.3) is 0 Å². The number of halogens is 4. The van der Waals surface area contributed by atoms with E-state index in [0.29, 0.717) is 0 Å². The highest BCUT2D eigenvalue weighted by molar-refractivity contribution is 6.64. The third-order valence-corrected chi connectivity index (χ3v) is 1.79. The topological polar surface area (TPSA) is 50.7 Å². The van der Waals surface area contributed by atoms with Crippen molar-refractivity contribution in [2.75, 3.05) is 5.32 Å². The molecular formula is C10H8ClF3N2O2. The molecule has 0 fully saturated rings. The molecule has 0 saturated heterocycles. The van der Waals surface area contributed by atoms with E-state index in [9.17, 15) is 18.0 Å². The van der Waals surface area contributed by atoms with Crippen molar-refractivity contribution < 1.29 is 22.8 Å². The fraction of sp³-hybridized carbons (Fsp3) is 0.200. The lowest BCUT2D eigenvalue weighted by atomic mass is 10.2. The Kier molecular flexibility index (Phi) is 4.55. The van der Waals surface area contributed by atoms with Crippen molar-refractivity contribution in [1.82, 2.24) is 0 Å². The van der Waals surface area contributed by atoms with E-state index in [4.69, 9.17) is 11.6 Å². The monoisotopic (exact) mass is 280 g/mol. The fourth-order valence-corrected chi connectivity index (χ4v) is 1.11. The van der Waals surface area contributed by atoms with Crippen LogP contribution in [0.25, 0.3) is 0 Å². The molecule has 1 aromatic rings. The van der Waals surface area contributed by atoms with Crippen LogP contribution in [0.3, 0.4) is 0 Å². The van der Waals surface area contributed by atoms with Crippen molar-refractivity contribution >= 4 is 28.6 Å². The van der Waals surface area contributed by atoms with Gasteiger partial charge in [-0.1, -0.05) is 28.9 Å². The van der Waals surface area contributed by atoms with E-state index < -0.39 is 23.5 Å². The molecule has 4 nitrogen and oxygen atoms in total. The highest BCUT2D eigenvalue weighted by atomic mass is 35.5. The van der Waals surface area contributed by atoms with Crippen LogP contribution in [0.5, 0.6) is 0 Å². The molecule has 1 amide bonds. The lowest BCUT2D eigenvalue weighted by molar-refractivity contribution is -0.136. The molecule has 0 saturated carbocycles. The van der Waals surface area contributed by atoms with E-state index >= 15 is 0 Å². The summed E-state index contributed by atoms with van der Waals surface area (Å²) in [6, 6.07) is 4.49. The number of nitrogens with one attached hydrogen (secondary N) is 1. The van der Waals surface area contributed by atoms with Crippen molar-refractivity contribution in [1.29, 1.82) is 0 Å². The van der Waals surface area contributed by atoms with Gasteiger partial charge in [0.05, 0.1) is 11.3 Å². The minimum atomic E-state index is -4.57. The van der Waals surface area contributed by atoms with Gasteiger partial charge in [0.15, 0.2) is 0 Å². The van der Waals surface area contributed by atoms with E-state index in [0.717, 1.165) is 12.1 Å². The molecule has 1 aromatic carbocycles. The molecule has 8 heteroatoms. The number of carbonyl (C=O) groups is 1. The third-order valence-electron chi connectivity index (χ3n) is 1.72. The van der Waals surface area contributed by atoms with Crippen LogP contribution in [0.2, 0.25) is 0 Å². The maximum absolute atomic E-state index is 12.6. The number of rotatable bonds is 2. The van der Waals surface area contributed by atoms with Gasteiger partial charge >= 0.3 is 12.3 Å². The van der Waals surface area contributed by atoms with Crippen LogP contribution in [0.15, 0.2) is 29.4 Å². The summed E-state index contributed by atoms with van der Waals surface area (Å²) < 4.78 is 37.7. The van der Waals surface area contributed by atoms with Crippen molar-refractivity contribution in [2.24, 2.45) is 5.16 Å². The number of anilines is 1. The fourth-order valence-electron chi connectivity index (χ4n) is 1.08. The first-order valence-electron chi connectivity index (χ1n) is 4.65. The molecule has 0 heterocycles. The van der Waals surface area contributed by atoms with E-state index in [2.05, 4.69) is 9.99 Å². The van der Waals surface area contributed by atoms with Crippen molar-refractivity contribution in [2.45, 2.75) is 13.1 Å². The van der Waals surface area contributed by atoms with Crippen LogP contribution < -0.4 is 5.32 Å². The summed E-state index contributed by atoms with van der Waals surface area (Å²) in [6.07, 6.45) is -5.73. The average Bonchev–Trinajstić information content (AvgIpc) is 2.25. The highest BCUT2D eigenvalue weighted by Crippen LogP contribution is 2.34. The van der Waals surface area contributed by atoms with Gasteiger partial charge in [-0.3, -0.25) is 10.2 Å². The zero-order chi connectivity index (χ0) is 13.8. The maximum atomic E-state index is 12.6. The molecule has 0 radical (unpaired) electrons. The predicted octanol–water partition coefficient (Wildman–Crippen LogP) is 3.83. The Morgan fingerprint density at radius 1 is 1.39 bits per heavy atom. The number of oxime groups is 1. The summed E-state index contributed by atoms with van der Waals surface area (Å²) in [6.45, 7) is 1.35. The number of alkyl halides is 3. The Hall–Kier alpha value is -1.76. The Balaban J connectivity index is 2.85. The SMILES string of the molecule is C/C(Cl)=N/OC(=O)Nc1ccccc1C(F)(F)F. The van der Waals surface area contributed by atoms with Gasteiger partial charge in [0.2, 0.25) is 0 Å². The number of hydrogen-bond acceptors (Lipinski definition) is 3. The van der Waals surface area contributed by atoms with Gasteiger partial charge in [-0.05, 0) is 19.1 Å². The minimum absolute atomic E-state index is 0.0609. The molecule has 0 unspecified atom stereocenters. The minimum Gasteiger partial charge on any atom is -0.297 e. The number of amides is 1. The molecule has 1 N–H and O–H groups in total. The molecule has 0 atom stereocenters. The molecular weight excluding hydrogens is 273 g/mol. The second-order valence-electron chi connectivity index (χ2n) is 3.14. The van der Waals surface area contributed by atoms with E-state index in [-0.39, 0.29) is 5.17 Å². The van der Waals surface area contributed by atoms with Crippen molar-refractivity contribution in [3.05, 3.63) is 29.8 Å². The molecule has 1 rings (SSSR count). The summed E-state index contributed by atoms with van der Waals surface area (Å²) >= 11 is 5.29. The average molecular weight is 281 g/mol. The van der Waals surface area contributed by atoms with E-state index in [1.807, 2.05) is 5.32 Å². The summed E-state index contributed by atoms with van der Waals surface area (Å²) in [4.78, 5) is 15.3. The van der Waals surface area contributed by atoms with Crippen LogP contribution in [0, 0.1) is 0 Å². The molecule has 0 aliphatic heterocycles. The van der Waals surface area contributed by atoms with Crippen LogP contribution >= 0.6 is 11.6 Å². The predicted molar refractivity (Wildman–Crippen MR) is 60.5 cm³/mol. The number of hydrogen-bond donors (Lipinski definition) is 1. The summed E-state index contributed by atoms with van der Waals surface area (Å²) in [5, 5.41) is 4.97. The maximum Gasteiger partial charge on any atom is 0.437 e. The number of para-hydroxylation sites is 1. The van der Waals surface area contributed by atoms with Crippen LogP contribution in [0.4, 0.5) is 23.7 Å². The molecule has 0 aromatic heterocycles. The smallest absolute Gasteiger partial charge is 0.297 e. The first-order chi connectivity index (χ1) is 8.30. The molecule has 0 aliphatic rings. The van der Waals surface area contributed by atoms with Crippen molar-refractivity contribution in [3.8, 4) is 0 Å². The zero-order valence-electron chi connectivity index (χ0n) is 9.08. The lowest BCUT2D eigenvalue weighted by Gasteiger charge is -2.12. The highest BCUT2D eigenvalue weighted by Gasteiger charge is 2.33. The van der Waals surface area contributed by atoms with Gasteiger partial charge in [-0.15, -0.1) is 0 Å². The molecule has 0 bridgehead atoms. The Morgan fingerprint density at radius 2 is 2.00 bits per heavy atom.